The van der Waals surface area contributed by atoms with Crippen molar-refractivity contribution in [3.63, 3.8) is 0 Å². The summed E-state index contributed by atoms with van der Waals surface area (Å²) in [4.78, 5) is 2.80. The highest BCUT2D eigenvalue weighted by molar-refractivity contribution is 4.84. The maximum absolute atomic E-state index is 3.77. The van der Waals surface area contributed by atoms with Gasteiger partial charge in [-0.05, 0) is 58.0 Å². The lowest BCUT2D eigenvalue weighted by atomic mass is 10.0. The fourth-order valence-corrected chi connectivity index (χ4v) is 3.36. The molecule has 3 atom stereocenters. The summed E-state index contributed by atoms with van der Waals surface area (Å²) < 4.78 is 0. The van der Waals surface area contributed by atoms with Gasteiger partial charge < -0.3 is 10.2 Å². The fraction of sp³-hybridized carbons (Fsp3) is 1.00. The fourth-order valence-electron chi connectivity index (χ4n) is 3.36. The molecular weight excluding hydrogens is 220 g/mol. The molecule has 2 aliphatic rings. The van der Waals surface area contributed by atoms with Gasteiger partial charge >= 0.3 is 0 Å². The molecule has 0 radical (unpaired) electrons. The lowest BCUT2D eigenvalue weighted by molar-refractivity contribution is 0.143. The van der Waals surface area contributed by atoms with Crippen molar-refractivity contribution in [2.45, 2.75) is 83.8 Å². The summed E-state index contributed by atoms with van der Waals surface area (Å²) in [6.45, 7) is 9.66. The molecule has 3 unspecified atom stereocenters. The van der Waals surface area contributed by atoms with E-state index in [1.807, 2.05) is 0 Å². The van der Waals surface area contributed by atoms with Crippen LogP contribution in [0, 0.1) is 5.92 Å². The lowest BCUT2D eigenvalue weighted by Gasteiger charge is -2.36. The summed E-state index contributed by atoms with van der Waals surface area (Å²) in [6, 6.07) is 2.29. The Balaban J connectivity index is 1.88. The molecule has 0 aromatic carbocycles. The van der Waals surface area contributed by atoms with Gasteiger partial charge in [0, 0.05) is 18.1 Å². The molecule has 2 heteroatoms. The molecule has 18 heavy (non-hydrogen) atoms. The Morgan fingerprint density at radius 3 is 2.44 bits per heavy atom. The second kappa shape index (κ2) is 6.91. The van der Waals surface area contributed by atoms with Gasteiger partial charge in [-0.25, -0.2) is 0 Å². The predicted molar refractivity (Wildman–Crippen MR) is 78.9 cm³/mol. The zero-order valence-electron chi connectivity index (χ0n) is 12.6. The topological polar surface area (TPSA) is 15.3 Å². The van der Waals surface area contributed by atoms with Crippen LogP contribution in [0.2, 0.25) is 0 Å². The summed E-state index contributed by atoms with van der Waals surface area (Å²) in [5, 5.41) is 3.77. The third-order valence-corrected chi connectivity index (χ3v) is 4.92. The lowest BCUT2D eigenvalue weighted by Crippen LogP contribution is -2.47. The van der Waals surface area contributed by atoms with Gasteiger partial charge in [0.05, 0.1) is 0 Å². The normalized spacial score (nSPS) is 32.8. The number of nitrogens with zero attached hydrogens (tertiary/aromatic N) is 1. The first-order valence-corrected chi connectivity index (χ1v) is 8.23. The van der Waals surface area contributed by atoms with Crippen LogP contribution in [0.15, 0.2) is 0 Å². The van der Waals surface area contributed by atoms with Crippen molar-refractivity contribution in [1.82, 2.24) is 10.2 Å². The van der Waals surface area contributed by atoms with Gasteiger partial charge in [-0.3, -0.25) is 0 Å². The van der Waals surface area contributed by atoms with Gasteiger partial charge in [-0.1, -0.05) is 26.7 Å². The van der Waals surface area contributed by atoms with Crippen LogP contribution in [-0.2, 0) is 0 Å². The van der Waals surface area contributed by atoms with E-state index in [4.69, 9.17) is 0 Å². The third kappa shape index (κ3) is 4.24. The number of rotatable bonds is 5. The SMILES string of the molecule is CCC1CCN(C(CC)CC2CC2)CCC(C)N1. The Labute approximate surface area is 114 Å². The summed E-state index contributed by atoms with van der Waals surface area (Å²) >= 11 is 0. The maximum Gasteiger partial charge on any atom is 0.00952 e. The molecule has 2 rings (SSSR count). The van der Waals surface area contributed by atoms with Crippen molar-refractivity contribution in [2.24, 2.45) is 5.92 Å². The molecule has 1 saturated heterocycles. The molecule has 2 fully saturated rings. The second-order valence-corrected chi connectivity index (χ2v) is 6.53. The average molecular weight is 252 g/mol. The Kier molecular flexibility index (Phi) is 5.50. The molecule has 0 spiro atoms. The highest BCUT2D eigenvalue weighted by Gasteiger charge is 2.29. The smallest absolute Gasteiger partial charge is 0.00952 e. The molecular formula is C16H32N2. The number of nitrogens with one attached hydrogen (secondary N) is 1. The zero-order chi connectivity index (χ0) is 13.0. The minimum absolute atomic E-state index is 0.691. The van der Waals surface area contributed by atoms with E-state index >= 15 is 0 Å². The third-order valence-electron chi connectivity index (χ3n) is 4.92. The zero-order valence-corrected chi connectivity index (χ0v) is 12.6. The van der Waals surface area contributed by atoms with Crippen molar-refractivity contribution in [2.75, 3.05) is 13.1 Å². The minimum atomic E-state index is 0.691. The van der Waals surface area contributed by atoms with E-state index in [0.717, 1.165) is 18.0 Å². The van der Waals surface area contributed by atoms with Crippen LogP contribution in [0.3, 0.4) is 0 Å². The second-order valence-electron chi connectivity index (χ2n) is 6.53. The van der Waals surface area contributed by atoms with Crippen molar-refractivity contribution in [3.05, 3.63) is 0 Å². The summed E-state index contributed by atoms with van der Waals surface area (Å²) in [7, 11) is 0. The molecule has 1 N–H and O–H groups in total. The monoisotopic (exact) mass is 252 g/mol. The Bertz CT molecular complexity index is 237. The van der Waals surface area contributed by atoms with E-state index in [2.05, 4.69) is 31.0 Å². The molecule has 0 aromatic heterocycles. The van der Waals surface area contributed by atoms with Crippen LogP contribution in [0.25, 0.3) is 0 Å². The highest BCUT2D eigenvalue weighted by atomic mass is 15.2. The number of hydrogen-bond acceptors (Lipinski definition) is 2. The van der Waals surface area contributed by atoms with Gasteiger partial charge in [0.25, 0.3) is 0 Å². The van der Waals surface area contributed by atoms with Crippen LogP contribution in [0.4, 0.5) is 0 Å². The first-order valence-electron chi connectivity index (χ1n) is 8.23. The standard InChI is InChI=1S/C16H32N2/c1-4-15-9-11-18(10-8-13(3)17-15)16(5-2)12-14-6-7-14/h13-17H,4-12H2,1-3H3. The van der Waals surface area contributed by atoms with Crippen LogP contribution < -0.4 is 5.32 Å². The van der Waals surface area contributed by atoms with Gasteiger partial charge in [0.1, 0.15) is 0 Å². The van der Waals surface area contributed by atoms with E-state index in [1.54, 1.807) is 0 Å². The molecule has 106 valence electrons. The summed E-state index contributed by atoms with van der Waals surface area (Å²) in [5.74, 6) is 1.07. The van der Waals surface area contributed by atoms with Gasteiger partial charge in [-0.15, -0.1) is 0 Å². The van der Waals surface area contributed by atoms with E-state index in [0.29, 0.717) is 6.04 Å². The molecule has 1 heterocycles. The Morgan fingerprint density at radius 2 is 1.83 bits per heavy atom. The van der Waals surface area contributed by atoms with Crippen molar-refractivity contribution >= 4 is 0 Å². The number of hydrogen-bond donors (Lipinski definition) is 1. The molecule has 0 aromatic rings. The first-order chi connectivity index (χ1) is 8.72. The first kappa shape index (κ1) is 14.3. The molecule has 1 aliphatic carbocycles. The van der Waals surface area contributed by atoms with Crippen LogP contribution in [0.1, 0.15) is 65.7 Å². The Hall–Kier alpha value is -0.0800. The van der Waals surface area contributed by atoms with Crippen LogP contribution in [-0.4, -0.2) is 36.1 Å². The van der Waals surface area contributed by atoms with Gasteiger partial charge in [0.2, 0.25) is 0 Å². The van der Waals surface area contributed by atoms with Crippen molar-refractivity contribution in [3.8, 4) is 0 Å². The predicted octanol–water partition coefficient (Wildman–Crippen LogP) is 3.42. The minimum Gasteiger partial charge on any atom is -0.311 e. The van der Waals surface area contributed by atoms with E-state index < -0.39 is 0 Å². The highest BCUT2D eigenvalue weighted by Crippen LogP contribution is 2.35. The van der Waals surface area contributed by atoms with Crippen LogP contribution in [0.5, 0.6) is 0 Å². The van der Waals surface area contributed by atoms with Crippen LogP contribution >= 0.6 is 0 Å². The molecule has 0 bridgehead atoms. The Morgan fingerprint density at radius 1 is 1.11 bits per heavy atom. The summed E-state index contributed by atoms with van der Waals surface area (Å²) in [5.41, 5.74) is 0. The van der Waals surface area contributed by atoms with Crippen molar-refractivity contribution < 1.29 is 0 Å². The van der Waals surface area contributed by atoms with E-state index in [-0.39, 0.29) is 0 Å². The quantitative estimate of drug-likeness (QED) is 0.806. The average Bonchev–Trinajstić information content (AvgIpc) is 3.16. The van der Waals surface area contributed by atoms with Crippen molar-refractivity contribution in [1.29, 1.82) is 0 Å². The van der Waals surface area contributed by atoms with E-state index in [1.165, 1.54) is 58.0 Å². The molecule has 1 aliphatic heterocycles. The molecule has 1 saturated carbocycles. The largest absolute Gasteiger partial charge is 0.311 e. The summed E-state index contributed by atoms with van der Waals surface area (Å²) in [6.07, 6.45) is 9.74. The van der Waals surface area contributed by atoms with Gasteiger partial charge in [-0.2, -0.15) is 0 Å². The molecule has 0 amide bonds. The van der Waals surface area contributed by atoms with E-state index in [9.17, 15) is 0 Å². The molecule has 2 nitrogen and oxygen atoms in total. The maximum atomic E-state index is 3.77. The van der Waals surface area contributed by atoms with Gasteiger partial charge in [0.15, 0.2) is 0 Å².